The number of aromatic nitrogens is 2. The van der Waals surface area contributed by atoms with E-state index in [0.717, 1.165) is 61.2 Å². The molecule has 32 heavy (non-hydrogen) atoms. The second-order valence-electron chi connectivity index (χ2n) is 9.14. The van der Waals surface area contributed by atoms with E-state index in [1.54, 1.807) is 11.3 Å². The van der Waals surface area contributed by atoms with E-state index in [1.165, 1.54) is 20.8 Å². The molecule has 2 aromatic heterocycles. The van der Waals surface area contributed by atoms with E-state index < -0.39 is 0 Å². The summed E-state index contributed by atoms with van der Waals surface area (Å²) in [7, 11) is 0. The quantitative estimate of drug-likeness (QED) is 0.346. The van der Waals surface area contributed by atoms with Crippen LogP contribution in [0.3, 0.4) is 0 Å². The Morgan fingerprint density at radius 3 is 2.06 bits per heavy atom. The third kappa shape index (κ3) is 3.73. The van der Waals surface area contributed by atoms with Crippen molar-refractivity contribution in [3.63, 3.8) is 0 Å². The van der Waals surface area contributed by atoms with Crippen molar-refractivity contribution in [3.8, 4) is 0 Å². The van der Waals surface area contributed by atoms with Crippen molar-refractivity contribution in [3.05, 3.63) is 58.5 Å². The summed E-state index contributed by atoms with van der Waals surface area (Å²) in [5.74, 6) is 1.19. The summed E-state index contributed by atoms with van der Waals surface area (Å²) in [5.41, 5.74) is 2.17. The highest BCUT2D eigenvalue weighted by Crippen LogP contribution is 2.42. The van der Waals surface area contributed by atoms with Gasteiger partial charge in [-0.05, 0) is 49.9 Å². The summed E-state index contributed by atoms with van der Waals surface area (Å²) >= 11 is 3.60. The van der Waals surface area contributed by atoms with Crippen LogP contribution in [0.2, 0.25) is 0 Å². The highest BCUT2D eigenvalue weighted by molar-refractivity contribution is 7.19. The number of thiazole rings is 2. The van der Waals surface area contributed by atoms with Crippen molar-refractivity contribution in [2.24, 2.45) is 5.92 Å². The van der Waals surface area contributed by atoms with Crippen LogP contribution in [0.1, 0.15) is 60.4 Å². The molecule has 0 N–H and O–H groups in total. The summed E-state index contributed by atoms with van der Waals surface area (Å²) in [4.78, 5) is 25.6. The van der Waals surface area contributed by atoms with E-state index >= 15 is 0 Å². The van der Waals surface area contributed by atoms with Gasteiger partial charge < -0.3 is 4.90 Å². The number of likely N-dealkylation sites (tertiary alicyclic amines) is 1. The minimum atomic E-state index is 0.0864. The van der Waals surface area contributed by atoms with Gasteiger partial charge in [0, 0.05) is 30.8 Å². The number of carbonyl (C=O) groups is 1. The molecule has 1 amide bonds. The van der Waals surface area contributed by atoms with E-state index in [4.69, 9.17) is 9.97 Å². The number of hydrogen-bond acceptors (Lipinski definition) is 5. The van der Waals surface area contributed by atoms with Gasteiger partial charge in [-0.15, -0.1) is 22.7 Å². The zero-order chi connectivity index (χ0) is 21.5. The number of benzene rings is 2. The molecule has 2 fully saturated rings. The van der Waals surface area contributed by atoms with Crippen LogP contribution >= 0.6 is 22.7 Å². The summed E-state index contributed by atoms with van der Waals surface area (Å²) in [5, 5.41) is 2.40. The third-order valence-electron chi connectivity index (χ3n) is 7.18. The standard InChI is InChI=1S/C26H27N3OS2/c30-26(19-8-2-1-7-18(19)25-28-21-10-4-6-12-23(21)32-25)29-15-13-17(14-16-29)24-27-20-9-3-5-11-22(20)31-24/h3-6,9-12,17-19H,1-2,7-8,13-16H2/t18-,19+/m1/s1. The molecule has 1 aliphatic carbocycles. The van der Waals surface area contributed by atoms with E-state index in [0.29, 0.717) is 11.8 Å². The molecular formula is C26H27N3OS2. The molecule has 2 aromatic carbocycles. The summed E-state index contributed by atoms with van der Waals surface area (Å²) in [6.45, 7) is 1.70. The predicted octanol–water partition coefficient (Wildman–Crippen LogP) is 6.59. The normalized spacial score (nSPS) is 22.6. The average molecular weight is 462 g/mol. The van der Waals surface area contributed by atoms with Crippen molar-refractivity contribution in [1.82, 2.24) is 14.9 Å². The molecule has 0 radical (unpaired) electrons. The second-order valence-corrected chi connectivity index (χ2v) is 11.3. The van der Waals surface area contributed by atoms with Crippen LogP contribution in [0.25, 0.3) is 20.4 Å². The summed E-state index contributed by atoms with van der Waals surface area (Å²) in [6, 6.07) is 16.7. The minimum Gasteiger partial charge on any atom is -0.342 e. The molecule has 0 unspecified atom stereocenters. The van der Waals surface area contributed by atoms with Crippen LogP contribution < -0.4 is 0 Å². The molecule has 0 bridgehead atoms. The van der Waals surface area contributed by atoms with Crippen molar-refractivity contribution in [2.45, 2.75) is 50.4 Å². The molecule has 6 rings (SSSR count). The number of nitrogens with zero attached hydrogens (tertiary/aromatic N) is 3. The van der Waals surface area contributed by atoms with Crippen LogP contribution in [-0.2, 0) is 4.79 Å². The lowest BCUT2D eigenvalue weighted by Crippen LogP contribution is -2.43. The van der Waals surface area contributed by atoms with E-state index in [2.05, 4.69) is 47.4 Å². The smallest absolute Gasteiger partial charge is 0.226 e. The first kappa shape index (κ1) is 20.3. The van der Waals surface area contributed by atoms with Crippen molar-refractivity contribution in [2.75, 3.05) is 13.1 Å². The van der Waals surface area contributed by atoms with Crippen LogP contribution in [0.5, 0.6) is 0 Å². The summed E-state index contributed by atoms with van der Waals surface area (Å²) in [6.07, 6.45) is 6.47. The fourth-order valence-electron chi connectivity index (χ4n) is 5.42. The Hall–Kier alpha value is -2.31. The number of para-hydroxylation sites is 2. The van der Waals surface area contributed by atoms with Gasteiger partial charge in [0.25, 0.3) is 0 Å². The van der Waals surface area contributed by atoms with Crippen molar-refractivity contribution < 1.29 is 4.79 Å². The Morgan fingerprint density at radius 1 is 0.781 bits per heavy atom. The van der Waals surface area contributed by atoms with Crippen LogP contribution in [0.15, 0.2) is 48.5 Å². The average Bonchev–Trinajstić information content (AvgIpc) is 3.48. The van der Waals surface area contributed by atoms with E-state index in [-0.39, 0.29) is 11.8 Å². The Balaban J connectivity index is 1.16. The third-order valence-corrected chi connectivity index (χ3v) is 9.54. The molecular weight excluding hydrogens is 434 g/mol. The lowest BCUT2D eigenvalue weighted by Gasteiger charge is -2.37. The Morgan fingerprint density at radius 2 is 1.38 bits per heavy atom. The number of carbonyl (C=O) groups excluding carboxylic acids is 1. The number of hydrogen-bond donors (Lipinski definition) is 0. The molecule has 164 valence electrons. The van der Waals surface area contributed by atoms with Crippen LogP contribution in [0, 0.1) is 5.92 Å². The lowest BCUT2D eigenvalue weighted by molar-refractivity contribution is -0.138. The van der Waals surface area contributed by atoms with Gasteiger partial charge in [0.05, 0.1) is 30.4 Å². The van der Waals surface area contributed by atoms with E-state index in [9.17, 15) is 4.79 Å². The van der Waals surface area contributed by atoms with Gasteiger partial charge >= 0.3 is 0 Å². The molecule has 2 atom stereocenters. The fourth-order valence-corrected chi connectivity index (χ4v) is 7.72. The Labute approximate surface area is 196 Å². The van der Waals surface area contributed by atoms with Crippen LogP contribution in [0.4, 0.5) is 0 Å². The SMILES string of the molecule is O=C([C@H]1CCCC[C@H]1c1nc2ccccc2s1)N1CCC(c2nc3ccccc3s2)CC1. The molecule has 4 nitrogen and oxygen atoms in total. The molecule has 0 spiro atoms. The highest BCUT2D eigenvalue weighted by Gasteiger charge is 2.37. The largest absolute Gasteiger partial charge is 0.342 e. The van der Waals surface area contributed by atoms with Gasteiger partial charge in [0.15, 0.2) is 0 Å². The predicted molar refractivity (Wildman–Crippen MR) is 132 cm³/mol. The maximum atomic E-state index is 13.6. The van der Waals surface area contributed by atoms with Gasteiger partial charge in [-0.1, -0.05) is 37.1 Å². The van der Waals surface area contributed by atoms with Crippen molar-refractivity contribution >= 4 is 49.0 Å². The number of rotatable bonds is 3. The number of piperidine rings is 1. The Kier molecular flexibility index (Phi) is 5.43. The fraction of sp³-hybridized carbons (Fsp3) is 0.423. The molecule has 2 aliphatic rings. The molecule has 3 heterocycles. The maximum Gasteiger partial charge on any atom is 0.226 e. The minimum absolute atomic E-state index is 0.0864. The van der Waals surface area contributed by atoms with Gasteiger partial charge in [0.2, 0.25) is 5.91 Å². The monoisotopic (exact) mass is 461 g/mol. The number of fused-ring (bicyclic) bond motifs is 2. The highest BCUT2D eigenvalue weighted by atomic mass is 32.1. The van der Waals surface area contributed by atoms with Gasteiger partial charge in [-0.2, -0.15) is 0 Å². The molecule has 4 aromatic rings. The molecule has 1 saturated heterocycles. The molecule has 1 saturated carbocycles. The molecule has 6 heteroatoms. The zero-order valence-electron chi connectivity index (χ0n) is 18.1. The first-order valence-electron chi connectivity index (χ1n) is 11.8. The first-order valence-corrected chi connectivity index (χ1v) is 13.4. The van der Waals surface area contributed by atoms with Crippen molar-refractivity contribution in [1.29, 1.82) is 0 Å². The summed E-state index contributed by atoms with van der Waals surface area (Å²) < 4.78 is 2.50. The van der Waals surface area contributed by atoms with Gasteiger partial charge in [-0.25, -0.2) is 9.97 Å². The van der Waals surface area contributed by atoms with Crippen LogP contribution in [-0.4, -0.2) is 33.9 Å². The Bertz CT molecular complexity index is 1190. The first-order chi connectivity index (χ1) is 15.8. The number of amides is 1. The van der Waals surface area contributed by atoms with E-state index in [1.807, 2.05) is 17.4 Å². The topological polar surface area (TPSA) is 46.1 Å². The maximum absolute atomic E-state index is 13.6. The lowest BCUT2D eigenvalue weighted by atomic mass is 9.78. The van der Waals surface area contributed by atoms with Gasteiger partial charge in [-0.3, -0.25) is 4.79 Å². The second kappa shape index (κ2) is 8.56. The molecule has 1 aliphatic heterocycles. The van der Waals surface area contributed by atoms with Gasteiger partial charge in [0.1, 0.15) is 0 Å². The zero-order valence-corrected chi connectivity index (χ0v) is 19.7.